The van der Waals surface area contributed by atoms with Gasteiger partial charge in [0.05, 0.1) is 0 Å². The van der Waals surface area contributed by atoms with E-state index in [1.54, 1.807) is 4.90 Å². The van der Waals surface area contributed by atoms with Crippen molar-refractivity contribution in [3.05, 3.63) is 66.2 Å². The van der Waals surface area contributed by atoms with E-state index in [1.807, 2.05) is 60.7 Å². The molecule has 0 aliphatic heterocycles. The molecule has 0 heterocycles. The molecule has 0 aliphatic rings. The van der Waals surface area contributed by atoms with E-state index in [-0.39, 0.29) is 11.9 Å². The fraction of sp³-hybridized carbons (Fsp3) is 0.222. The van der Waals surface area contributed by atoms with Gasteiger partial charge in [0.25, 0.3) is 0 Å². The lowest BCUT2D eigenvalue weighted by molar-refractivity contribution is -0.129. The van der Waals surface area contributed by atoms with Gasteiger partial charge in [-0.3, -0.25) is 4.79 Å². The van der Waals surface area contributed by atoms with Crippen LogP contribution in [0.1, 0.15) is 12.5 Å². The van der Waals surface area contributed by atoms with E-state index in [2.05, 4.69) is 10.6 Å². The van der Waals surface area contributed by atoms with Gasteiger partial charge in [-0.25, -0.2) is 4.79 Å². The quantitative estimate of drug-likeness (QED) is 0.861. The standard InChI is InChI=1S/C18H21N3O2/c1-15(22)21(14-16-8-4-2-5-9-16)13-12-19-18(23)20-17-10-6-3-7-11-17/h2-11H,12-14H2,1H3,(H2,19,20,23). The van der Waals surface area contributed by atoms with Crippen molar-refractivity contribution in [3.63, 3.8) is 0 Å². The summed E-state index contributed by atoms with van der Waals surface area (Å²) in [6, 6.07) is 18.7. The highest BCUT2D eigenvalue weighted by atomic mass is 16.2. The minimum atomic E-state index is -0.278. The molecule has 2 N–H and O–H groups in total. The Kier molecular flexibility index (Phi) is 6.17. The molecular weight excluding hydrogens is 290 g/mol. The van der Waals surface area contributed by atoms with Crippen LogP contribution in [0.2, 0.25) is 0 Å². The van der Waals surface area contributed by atoms with Gasteiger partial charge >= 0.3 is 6.03 Å². The third-order valence-corrected chi connectivity index (χ3v) is 3.36. The molecule has 0 saturated carbocycles. The van der Waals surface area contributed by atoms with E-state index in [1.165, 1.54) is 6.92 Å². The number of para-hydroxylation sites is 1. The largest absolute Gasteiger partial charge is 0.337 e. The van der Waals surface area contributed by atoms with E-state index in [4.69, 9.17) is 0 Å². The molecule has 5 heteroatoms. The molecule has 23 heavy (non-hydrogen) atoms. The van der Waals surface area contributed by atoms with E-state index < -0.39 is 0 Å². The molecule has 2 aromatic carbocycles. The first-order chi connectivity index (χ1) is 11.1. The summed E-state index contributed by atoms with van der Waals surface area (Å²) in [5.41, 5.74) is 1.80. The lowest BCUT2D eigenvalue weighted by Crippen LogP contribution is -2.38. The lowest BCUT2D eigenvalue weighted by Gasteiger charge is -2.21. The van der Waals surface area contributed by atoms with Gasteiger partial charge in [-0.05, 0) is 17.7 Å². The van der Waals surface area contributed by atoms with E-state index in [9.17, 15) is 9.59 Å². The van der Waals surface area contributed by atoms with E-state index in [0.29, 0.717) is 19.6 Å². The van der Waals surface area contributed by atoms with Crippen LogP contribution in [0.4, 0.5) is 10.5 Å². The fourth-order valence-corrected chi connectivity index (χ4v) is 2.15. The number of nitrogens with zero attached hydrogens (tertiary/aromatic N) is 1. The third-order valence-electron chi connectivity index (χ3n) is 3.36. The summed E-state index contributed by atoms with van der Waals surface area (Å²) in [7, 11) is 0. The molecule has 2 rings (SSSR count). The van der Waals surface area contributed by atoms with Crippen LogP contribution in [0.5, 0.6) is 0 Å². The average molecular weight is 311 g/mol. The zero-order valence-corrected chi connectivity index (χ0v) is 13.2. The van der Waals surface area contributed by atoms with Crippen molar-refractivity contribution in [2.24, 2.45) is 0 Å². The van der Waals surface area contributed by atoms with Crippen molar-refractivity contribution >= 4 is 17.6 Å². The minimum absolute atomic E-state index is 0.0147. The second-order valence-electron chi connectivity index (χ2n) is 5.17. The van der Waals surface area contributed by atoms with Crippen molar-refractivity contribution < 1.29 is 9.59 Å². The molecule has 0 bridgehead atoms. The van der Waals surface area contributed by atoms with Crippen molar-refractivity contribution in [2.45, 2.75) is 13.5 Å². The second-order valence-corrected chi connectivity index (χ2v) is 5.17. The molecule has 0 aliphatic carbocycles. The number of benzene rings is 2. The molecule has 120 valence electrons. The fourth-order valence-electron chi connectivity index (χ4n) is 2.15. The highest BCUT2D eigenvalue weighted by molar-refractivity contribution is 5.89. The van der Waals surface area contributed by atoms with Crippen molar-refractivity contribution in [3.8, 4) is 0 Å². The first-order valence-corrected chi connectivity index (χ1v) is 7.54. The van der Waals surface area contributed by atoms with Gasteiger partial charge in [-0.15, -0.1) is 0 Å². The number of anilines is 1. The highest BCUT2D eigenvalue weighted by Crippen LogP contribution is 2.05. The molecule has 0 atom stereocenters. The molecule has 0 saturated heterocycles. The molecule has 0 unspecified atom stereocenters. The van der Waals surface area contributed by atoms with Crippen LogP contribution in [0, 0.1) is 0 Å². The summed E-state index contributed by atoms with van der Waals surface area (Å²) in [5, 5.41) is 5.50. The number of rotatable bonds is 6. The number of carbonyl (C=O) groups excluding carboxylic acids is 2. The first-order valence-electron chi connectivity index (χ1n) is 7.54. The van der Waals surface area contributed by atoms with E-state index in [0.717, 1.165) is 11.3 Å². The molecule has 5 nitrogen and oxygen atoms in total. The molecule has 2 aromatic rings. The van der Waals surface area contributed by atoms with Gasteiger partial charge in [0, 0.05) is 32.2 Å². The van der Waals surface area contributed by atoms with Gasteiger partial charge in [-0.1, -0.05) is 48.5 Å². The average Bonchev–Trinajstić information content (AvgIpc) is 2.55. The van der Waals surface area contributed by atoms with Crippen LogP contribution in [-0.4, -0.2) is 29.9 Å². The van der Waals surface area contributed by atoms with Crippen LogP contribution in [0.25, 0.3) is 0 Å². The van der Waals surface area contributed by atoms with Crippen LogP contribution in [-0.2, 0) is 11.3 Å². The maximum Gasteiger partial charge on any atom is 0.319 e. The van der Waals surface area contributed by atoms with Crippen LogP contribution < -0.4 is 10.6 Å². The number of hydrogen-bond acceptors (Lipinski definition) is 2. The molecular formula is C18H21N3O2. The Balaban J connectivity index is 1.78. The Morgan fingerprint density at radius 2 is 1.57 bits per heavy atom. The molecule has 3 amide bonds. The van der Waals surface area contributed by atoms with Gasteiger partial charge in [-0.2, -0.15) is 0 Å². The predicted molar refractivity (Wildman–Crippen MR) is 91.0 cm³/mol. The number of amides is 3. The van der Waals surface area contributed by atoms with Crippen LogP contribution in [0.3, 0.4) is 0 Å². The summed E-state index contributed by atoms with van der Waals surface area (Å²) in [4.78, 5) is 25.2. The highest BCUT2D eigenvalue weighted by Gasteiger charge is 2.09. The monoisotopic (exact) mass is 311 g/mol. The second kappa shape index (κ2) is 8.58. The molecule has 0 fully saturated rings. The van der Waals surface area contributed by atoms with Crippen molar-refractivity contribution in [2.75, 3.05) is 18.4 Å². The molecule has 0 radical (unpaired) electrons. The van der Waals surface area contributed by atoms with Gasteiger partial charge in [0.1, 0.15) is 0 Å². The van der Waals surface area contributed by atoms with Gasteiger partial charge in [0.15, 0.2) is 0 Å². The van der Waals surface area contributed by atoms with Crippen molar-refractivity contribution in [1.82, 2.24) is 10.2 Å². The molecule has 0 aromatic heterocycles. The number of hydrogen-bond donors (Lipinski definition) is 2. The van der Waals surface area contributed by atoms with Gasteiger partial charge < -0.3 is 15.5 Å². The zero-order valence-electron chi connectivity index (χ0n) is 13.2. The van der Waals surface area contributed by atoms with Crippen LogP contribution >= 0.6 is 0 Å². The summed E-state index contributed by atoms with van der Waals surface area (Å²) >= 11 is 0. The topological polar surface area (TPSA) is 61.4 Å². The Hall–Kier alpha value is -2.82. The van der Waals surface area contributed by atoms with Gasteiger partial charge in [0.2, 0.25) is 5.91 Å². The number of carbonyl (C=O) groups is 2. The third kappa shape index (κ3) is 5.82. The Bertz CT molecular complexity index is 629. The Morgan fingerprint density at radius 3 is 2.17 bits per heavy atom. The van der Waals surface area contributed by atoms with E-state index >= 15 is 0 Å². The Morgan fingerprint density at radius 1 is 0.957 bits per heavy atom. The smallest absolute Gasteiger partial charge is 0.319 e. The zero-order chi connectivity index (χ0) is 16.5. The maximum absolute atomic E-state index is 11.8. The normalized spacial score (nSPS) is 9.96. The minimum Gasteiger partial charge on any atom is -0.337 e. The first kappa shape index (κ1) is 16.5. The SMILES string of the molecule is CC(=O)N(CCNC(=O)Nc1ccccc1)Cc1ccccc1. The number of nitrogens with one attached hydrogen (secondary N) is 2. The molecule has 0 spiro atoms. The summed E-state index contributed by atoms with van der Waals surface area (Å²) in [6.45, 7) is 2.93. The lowest BCUT2D eigenvalue weighted by atomic mass is 10.2. The maximum atomic E-state index is 11.8. The predicted octanol–water partition coefficient (Wildman–Crippen LogP) is 2.86. The van der Waals surface area contributed by atoms with Crippen LogP contribution in [0.15, 0.2) is 60.7 Å². The van der Waals surface area contributed by atoms with Crippen molar-refractivity contribution in [1.29, 1.82) is 0 Å². The Labute approximate surface area is 136 Å². The summed E-state index contributed by atoms with van der Waals surface area (Å²) in [5.74, 6) is -0.0147. The number of urea groups is 1. The summed E-state index contributed by atoms with van der Waals surface area (Å²) in [6.07, 6.45) is 0. The summed E-state index contributed by atoms with van der Waals surface area (Å²) < 4.78 is 0.